The molecule has 104 valence electrons. The van der Waals surface area contributed by atoms with Crippen LogP contribution >= 0.6 is 0 Å². The summed E-state index contributed by atoms with van der Waals surface area (Å²) < 4.78 is 0. The van der Waals surface area contributed by atoms with Crippen molar-refractivity contribution in [3.63, 3.8) is 0 Å². The molecule has 1 aromatic carbocycles. The Hall–Kier alpha value is -1.55. The molecule has 0 atom stereocenters. The fraction of sp³-hybridized carbons (Fsp3) is 0.533. The molecule has 0 radical (unpaired) electrons. The Balaban J connectivity index is 1.79. The van der Waals surface area contributed by atoms with Crippen LogP contribution in [0.2, 0.25) is 0 Å². The first-order chi connectivity index (χ1) is 9.08. The van der Waals surface area contributed by atoms with E-state index in [1.54, 1.807) is 0 Å². The van der Waals surface area contributed by atoms with Gasteiger partial charge in [-0.3, -0.25) is 4.90 Å². The lowest BCUT2D eigenvalue weighted by Gasteiger charge is -2.35. The Labute approximate surface area is 115 Å². The van der Waals surface area contributed by atoms with Crippen LogP contribution in [-0.2, 0) is 0 Å². The van der Waals surface area contributed by atoms with E-state index in [2.05, 4.69) is 29.4 Å². The van der Waals surface area contributed by atoms with Gasteiger partial charge < -0.3 is 10.6 Å². The van der Waals surface area contributed by atoms with Crippen LogP contribution in [0.3, 0.4) is 0 Å². The number of likely N-dealkylation sites (tertiary alicyclic amines) is 1. The molecule has 2 N–H and O–H groups in total. The van der Waals surface area contributed by atoms with Crippen LogP contribution < -0.4 is 10.6 Å². The predicted molar refractivity (Wildman–Crippen MR) is 78.3 cm³/mol. The molecule has 4 nitrogen and oxygen atoms in total. The minimum absolute atomic E-state index is 0.0184. The average Bonchev–Trinajstić information content (AvgIpc) is 2.92. The maximum atomic E-state index is 11.8. The van der Waals surface area contributed by atoms with Gasteiger partial charge in [-0.2, -0.15) is 0 Å². The van der Waals surface area contributed by atoms with E-state index >= 15 is 0 Å². The van der Waals surface area contributed by atoms with E-state index in [4.69, 9.17) is 0 Å². The van der Waals surface area contributed by atoms with Gasteiger partial charge in [0.1, 0.15) is 0 Å². The summed E-state index contributed by atoms with van der Waals surface area (Å²) in [5.74, 6) is 0. The van der Waals surface area contributed by atoms with E-state index in [1.807, 2.05) is 30.3 Å². The highest BCUT2D eigenvalue weighted by Crippen LogP contribution is 2.20. The van der Waals surface area contributed by atoms with Gasteiger partial charge in [-0.05, 0) is 51.9 Å². The van der Waals surface area contributed by atoms with Crippen molar-refractivity contribution in [2.45, 2.75) is 32.2 Å². The number of para-hydroxylation sites is 1. The number of rotatable bonds is 4. The molecular formula is C15H23N3O. The zero-order valence-electron chi connectivity index (χ0n) is 11.8. The van der Waals surface area contributed by atoms with E-state index in [9.17, 15) is 4.79 Å². The highest BCUT2D eigenvalue weighted by molar-refractivity contribution is 5.89. The molecule has 19 heavy (non-hydrogen) atoms. The second-order valence-corrected chi connectivity index (χ2v) is 5.68. The normalized spacial score (nSPS) is 16.3. The Bertz CT molecular complexity index is 411. The van der Waals surface area contributed by atoms with Crippen LogP contribution in [0, 0.1) is 0 Å². The molecule has 2 rings (SSSR count). The Morgan fingerprint density at radius 2 is 1.84 bits per heavy atom. The minimum Gasteiger partial charge on any atom is -0.336 e. The fourth-order valence-corrected chi connectivity index (χ4v) is 2.43. The fourth-order valence-electron chi connectivity index (χ4n) is 2.43. The Morgan fingerprint density at radius 3 is 2.47 bits per heavy atom. The number of nitrogens with zero attached hydrogens (tertiary/aromatic N) is 1. The van der Waals surface area contributed by atoms with Gasteiger partial charge in [-0.15, -0.1) is 0 Å². The molecule has 1 aliphatic rings. The first kappa shape index (κ1) is 13.9. The molecule has 1 aromatic rings. The molecule has 0 spiro atoms. The summed E-state index contributed by atoms with van der Waals surface area (Å²) in [6, 6.07) is 9.36. The van der Waals surface area contributed by atoms with Gasteiger partial charge in [0.05, 0.1) is 0 Å². The molecule has 1 fully saturated rings. The van der Waals surface area contributed by atoms with E-state index in [-0.39, 0.29) is 11.6 Å². The number of anilines is 1. The number of hydrogen-bond donors (Lipinski definition) is 2. The summed E-state index contributed by atoms with van der Waals surface area (Å²) in [6.45, 7) is 7.29. The number of nitrogens with one attached hydrogen (secondary N) is 2. The van der Waals surface area contributed by atoms with Crippen molar-refractivity contribution in [2.24, 2.45) is 0 Å². The highest BCUT2D eigenvalue weighted by Gasteiger charge is 2.29. The smallest absolute Gasteiger partial charge is 0.319 e. The van der Waals surface area contributed by atoms with Gasteiger partial charge in [0.15, 0.2) is 0 Å². The first-order valence-corrected chi connectivity index (χ1v) is 6.93. The van der Waals surface area contributed by atoms with E-state index in [1.165, 1.54) is 12.8 Å². The maximum Gasteiger partial charge on any atom is 0.319 e. The van der Waals surface area contributed by atoms with E-state index < -0.39 is 0 Å². The molecular weight excluding hydrogens is 238 g/mol. The number of urea groups is 1. The molecule has 1 saturated heterocycles. The topological polar surface area (TPSA) is 44.4 Å². The Kier molecular flexibility index (Phi) is 4.43. The zero-order valence-corrected chi connectivity index (χ0v) is 11.8. The summed E-state index contributed by atoms with van der Waals surface area (Å²) in [5, 5.41) is 5.79. The van der Waals surface area contributed by atoms with Gasteiger partial charge in [0, 0.05) is 17.8 Å². The quantitative estimate of drug-likeness (QED) is 0.875. The number of amides is 2. The second kappa shape index (κ2) is 6.06. The molecule has 2 amide bonds. The molecule has 0 bridgehead atoms. The molecule has 0 aliphatic carbocycles. The second-order valence-electron chi connectivity index (χ2n) is 5.68. The van der Waals surface area contributed by atoms with Crippen LogP contribution in [0.15, 0.2) is 30.3 Å². The number of carbonyl (C=O) groups excluding carboxylic acids is 1. The number of benzene rings is 1. The molecule has 0 aromatic heterocycles. The van der Waals surface area contributed by atoms with E-state index in [0.29, 0.717) is 6.54 Å². The molecule has 1 aliphatic heterocycles. The highest BCUT2D eigenvalue weighted by atomic mass is 16.2. The van der Waals surface area contributed by atoms with Crippen molar-refractivity contribution in [1.29, 1.82) is 0 Å². The van der Waals surface area contributed by atoms with E-state index in [0.717, 1.165) is 18.8 Å². The standard InChI is InChI=1S/C15H23N3O/c1-15(2,18-10-6-7-11-18)12-16-14(19)17-13-8-4-3-5-9-13/h3-5,8-9H,6-7,10-12H2,1-2H3,(H2,16,17,19). The summed E-state index contributed by atoms with van der Waals surface area (Å²) in [5.41, 5.74) is 0.837. The Morgan fingerprint density at radius 1 is 1.21 bits per heavy atom. The molecule has 0 unspecified atom stereocenters. The monoisotopic (exact) mass is 261 g/mol. The van der Waals surface area contributed by atoms with Crippen LogP contribution in [0.25, 0.3) is 0 Å². The van der Waals surface area contributed by atoms with Crippen molar-refractivity contribution in [1.82, 2.24) is 10.2 Å². The molecule has 0 saturated carbocycles. The van der Waals surface area contributed by atoms with Crippen molar-refractivity contribution in [2.75, 3.05) is 25.0 Å². The largest absolute Gasteiger partial charge is 0.336 e. The minimum atomic E-state index is -0.140. The zero-order chi connectivity index (χ0) is 13.7. The van der Waals surface area contributed by atoms with Gasteiger partial charge >= 0.3 is 6.03 Å². The summed E-state index contributed by atoms with van der Waals surface area (Å²) in [4.78, 5) is 14.3. The van der Waals surface area contributed by atoms with Gasteiger partial charge in [0.2, 0.25) is 0 Å². The van der Waals surface area contributed by atoms with Crippen molar-refractivity contribution < 1.29 is 4.79 Å². The number of hydrogen-bond acceptors (Lipinski definition) is 2. The SMILES string of the molecule is CC(C)(CNC(=O)Nc1ccccc1)N1CCCC1. The average molecular weight is 261 g/mol. The molecule has 4 heteroatoms. The predicted octanol–water partition coefficient (Wildman–Crippen LogP) is 2.68. The van der Waals surface area contributed by atoms with Crippen molar-refractivity contribution in [3.8, 4) is 0 Å². The first-order valence-electron chi connectivity index (χ1n) is 6.93. The van der Waals surface area contributed by atoms with Gasteiger partial charge in [-0.1, -0.05) is 18.2 Å². The summed E-state index contributed by atoms with van der Waals surface area (Å²) in [7, 11) is 0. The van der Waals surface area contributed by atoms with Crippen LogP contribution in [-0.4, -0.2) is 36.1 Å². The van der Waals surface area contributed by atoms with Gasteiger partial charge in [0.25, 0.3) is 0 Å². The van der Waals surface area contributed by atoms with Crippen LogP contribution in [0.1, 0.15) is 26.7 Å². The van der Waals surface area contributed by atoms with Crippen molar-refractivity contribution in [3.05, 3.63) is 30.3 Å². The maximum absolute atomic E-state index is 11.8. The lowest BCUT2D eigenvalue weighted by molar-refractivity contribution is 0.153. The van der Waals surface area contributed by atoms with Crippen molar-refractivity contribution >= 4 is 11.7 Å². The van der Waals surface area contributed by atoms with Gasteiger partial charge in [-0.25, -0.2) is 4.79 Å². The summed E-state index contributed by atoms with van der Waals surface area (Å²) >= 11 is 0. The third-order valence-corrected chi connectivity index (χ3v) is 3.68. The third kappa shape index (κ3) is 3.96. The molecule has 1 heterocycles. The lowest BCUT2D eigenvalue weighted by atomic mass is 10.0. The lowest BCUT2D eigenvalue weighted by Crippen LogP contribution is -2.51. The third-order valence-electron chi connectivity index (χ3n) is 3.68. The summed E-state index contributed by atoms with van der Waals surface area (Å²) in [6.07, 6.45) is 2.53. The van der Waals surface area contributed by atoms with Crippen LogP contribution in [0.4, 0.5) is 10.5 Å². The van der Waals surface area contributed by atoms with Crippen LogP contribution in [0.5, 0.6) is 0 Å². The number of carbonyl (C=O) groups is 1.